The molecule has 1 aromatic carbocycles. The van der Waals surface area contributed by atoms with Crippen molar-refractivity contribution in [1.29, 1.82) is 0 Å². The van der Waals surface area contributed by atoms with E-state index >= 15 is 0 Å². The van der Waals surface area contributed by atoms with Crippen LogP contribution >= 0.6 is 0 Å². The smallest absolute Gasteiger partial charge is 0.156 e. The van der Waals surface area contributed by atoms with Gasteiger partial charge in [-0.15, -0.1) is 0 Å². The number of para-hydroxylation sites is 1. The van der Waals surface area contributed by atoms with Crippen LogP contribution in [0.4, 0.5) is 11.4 Å². The quantitative estimate of drug-likeness (QED) is 0.616. The van der Waals surface area contributed by atoms with E-state index in [0.717, 1.165) is 60.0 Å². The van der Waals surface area contributed by atoms with E-state index in [9.17, 15) is 4.79 Å². The molecule has 2 aromatic rings. The summed E-state index contributed by atoms with van der Waals surface area (Å²) in [6.07, 6.45) is 12.0. The maximum absolute atomic E-state index is 12.1. The second-order valence-electron chi connectivity index (χ2n) is 7.26. The summed E-state index contributed by atoms with van der Waals surface area (Å²) in [5.74, 6) is 0.748. The highest BCUT2D eigenvalue weighted by atomic mass is 16.1. The zero-order valence-corrected chi connectivity index (χ0v) is 17.5. The summed E-state index contributed by atoms with van der Waals surface area (Å²) in [6.45, 7) is 5.69. The molecule has 29 heavy (non-hydrogen) atoms. The Balaban J connectivity index is 2.11. The fourth-order valence-electron chi connectivity index (χ4n) is 3.42. The van der Waals surface area contributed by atoms with Crippen LogP contribution in [0, 0.1) is 6.92 Å². The van der Waals surface area contributed by atoms with Gasteiger partial charge in [0.15, 0.2) is 5.78 Å². The topological polar surface area (TPSA) is 45.2 Å². The molecule has 4 nitrogen and oxygen atoms in total. The van der Waals surface area contributed by atoms with Crippen LogP contribution in [0.5, 0.6) is 0 Å². The zero-order valence-electron chi connectivity index (χ0n) is 17.5. The van der Waals surface area contributed by atoms with Crippen molar-refractivity contribution in [1.82, 2.24) is 10.3 Å². The maximum Gasteiger partial charge on any atom is 0.156 e. The van der Waals surface area contributed by atoms with Crippen molar-refractivity contribution in [2.45, 2.75) is 46.5 Å². The van der Waals surface area contributed by atoms with Gasteiger partial charge in [-0.2, -0.15) is 0 Å². The lowest BCUT2D eigenvalue weighted by Crippen LogP contribution is -2.29. The van der Waals surface area contributed by atoms with Crippen molar-refractivity contribution >= 4 is 17.2 Å². The molecule has 150 valence electrons. The first kappa shape index (κ1) is 20.6. The summed E-state index contributed by atoms with van der Waals surface area (Å²) in [6, 6.07) is 14.3. The molecule has 0 amide bonds. The predicted molar refractivity (Wildman–Crippen MR) is 120 cm³/mol. The highest BCUT2D eigenvalue weighted by Crippen LogP contribution is 2.31. The van der Waals surface area contributed by atoms with Gasteiger partial charge in [-0.05, 0) is 69.9 Å². The third-order valence-electron chi connectivity index (χ3n) is 4.75. The molecule has 0 atom stereocenters. The van der Waals surface area contributed by atoms with E-state index in [2.05, 4.69) is 64.6 Å². The van der Waals surface area contributed by atoms with Gasteiger partial charge in [0.2, 0.25) is 0 Å². The highest BCUT2D eigenvalue weighted by molar-refractivity contribution is 5.89. The molecule has 0 saturated carbocycles. The van der Waals surface area contributed by atoms with E-state index in [1.807, 2.05) is 25.1 Å². The van der Waals surface area contributed by atoms with Gasteiger partial charge in [-0.25, -0.2) is 0 Å². The van der Waals surface area contributed by atoms with Crippen LogP contribution in [-0.4, -0.2) is 10.8 Å². The van der Waals surface area contributed by atoms with E-state index < -0.39 is 0 Å². The molecule has 0 spiro atoms. The van der Waals surface area contributed by atoms with E-state index in [1.165, 1.54) is 0 Å². The van der Waals surface area contributed by atoms with Crippen molar-refractivity contribution in [3.8, 4) is 0 Å². The van der Waals surface area contributed by atoms with Gasteiger partial charge in [-0.3, -0.25) is 14.7 Å². The molecular formula is C25H29N3O. The summed E-state index contributed by atoms with van der Waals surface area (Å²) >= 11 is 0. The number of ketones is 1. The SMILES string of the molecule is CCc1cc(N(/C(=C\C(C)=O)NC2=CC=CCCC2)c2ccccc2)cc(C)n1. The maximum atomic E-state index is 12.1. The molecule has 0 bridgehead atoms. The van der Waals surface area contributed by atoms with Gasteiger partial charge in [0.25, 0.3) is 0 Å². The van der Waals surface area contributed by atoms with Gasteiger partial charge < -0.3 is 5.32 Å². The average molecular weight is 388 g/mol. The monoisotopic (exact) mass is 387 g/mol. The Morgan fingerprint density at radius 2 is 2.00 bits per heavy atom. The van der Waals surface area contributed by atoms with Crippen molar-refractivity contribution in [3.63, 3.8) is 0 Å². The lowest BCUT2D eigenvalue weighted by molar-refractivity contribution is -0.112. The van der Waals surface area contributed by atoms with Crippen LogP contribution in [0.1, 0.15) is 44.5 Å². The third kappa shape index (κ3) is 5.67. The number of anilines is 2. The molecule has 0 aliphatic heterocycles. The average Bonchev–Trinajstić information content (AvgIpc) is 2.97. The molecule has 1 N–H and O–H groups in total. The van der Waals surface area contributed by atoms with Crippen molar-refractivity contribution < 1.29 is 4.79 Å². The number of allylic oxidation sites excluding steroid dienone is 5. The summed E-state index contributed by atoms with van der Waals surface area (Å²) < 4.78 is 0. The number of aromatic nitrogens is 1. The number of nitrogens with zero attached hydrogens (tertiary/aromatic N) is 2. The molecule has 0 fully saturated rings. The molecule has 1 aromatic heterocycles. The van der Waals surface area contributed by atoms with Crippen molar-refractivity contribution in [3.05, 3.63) is 89.7 Å². The minimum absolute atomic E-state index is 0.000289. The Kier molecular flexibility index (Phi) is 7.01. The van der Waals surface area contributed by atoms with Gasteiger partial charge in [0.05, 0.1) is 5.69 Å². The van der Waals surface area contributed by atoms with Crippen LogP contribution in [0.3, 0.4) is 0 Å². The molecule has 1 aliphatic rings. The molecule has 0 saturated heterocycles. The largest absolute Gasteiger partial charge is 0.345 e. The summed E-state index contributed by atoms with van der Waals surface area (Å²) in [5.41, 5.74) is 5.07. The number of carbonyl (C=O) groups excluding carboxylic acids is 1. The minimum atomic E-state index is -0.000289. The predicted octanol–water partition coefficient (Wildman–Crippen LogP) is 5.73. The fourth-order valence-corrected chi connectivity index (χ4v) is 3.42. The molecule has 1 heterocycles. The Bertz CT molecular complexity index is 942. The Labute approximate surface area is 173 Å². The van der Waals surface area contributed by atoms with Crippen LogP contribution in [-0.2, 0) is 11.2 Å². The molecule has 3 rings (SSSR count). The van der Waals surface area contributed by atoms with Crippen LogP contribution in [0.25, 0.3) is 0 Å². The lowest BCUT2D eigenvalue weighted by atomic mass is 10.1. The summed E-state index contributed by atoms with van der Waals surface area (Å²) in [4.78, 5) is 18.9. The van der Waals surface area contributed by atoms with Crippen molar-refractivity contribution in [2.75, 3.05) is 4.90 Å². The number of carbonyl (C=O) groups is 1. The van der Waals surface area contributed by atoms with E-state index in [0.29, 0.717) is 0 Å². The number of rotatable bonds is 7. The lowest BCUT2D eigenvalue weighted by Gasteiger charge is -2.29. The van der Waals surface area contributed by atoms with Crippen LogP contribution < -0.4 is 10.2 Å². The van der Waals surface area contributed by atoms with Crippen molar-refractivity contribution in [2.24, 2.45) is 0 Å². The first-order valence-electron chi connectivity index (χ1n) is 10.2. The summed E-state index contributed by atoms with van der Waals surface area (Å²) in [5, 5.41) is 3.54. The molecule has 1 aliphatic carbocycles. The molecule has 0 unspecified atom stereocenters. The minimum Gasteiger partial charge on any atom is -0.345 e. The van der Waals surface area contributed by atoms with Crippen LogP contribution in [0.2, 0.25) is 0 Å². The standard InChI is InChI=1S/C25H29N3O/c1-4-21-18-24(16-19(2)26-21)28(23-14-10-7-11-15-23)25(17-20(3)29)27-22-12-8-5-6-9-13-22/h5,7-8,10-12,14-18,27H,4,6,9,13H2,1-3H3/b25-17-. The van der Waals surface area contributed by atoms with E-state index in [4.69, 9.17) is 0 Å². The number of pyridine rings is 1. The number of benzene rings is 1. The first-order chi connectivity index (χ1) is 14.1. The fraction of sp³-hybridized carbons (Fsp3) is 0.280. The van der Waals surface area contributed by atoms with Gasteiger partial charge >= 0.3 is 0 Å². The number of nitrogens with one attached hydrogen (secondary N) is 1. The van der Waals surface area contributed by atoms with Gasteiger partial charge in [0, 0.05) is 28.8 Å². The Morgan fingerprint density at radius 3 is 2.72 bits per heavy atom. The zero-order chi connectivity index (χ0) is 20.6. The number of aryl methyl sites for hydroxylation is 2. The van der Waals surface area contributed by atoms with E-state index in [1.54, 1.807) is 13.0 Å². The van der Waals surface area contributed by atoms with Crippen LogP contribution in [0.15, 0.2) is 78.3 Å². The van der Waals surface area contributed by atoms with Gasteiger partial charge in [-0.1, -0.05) is 37.3 Å². The second kappa shape index (κ2) is 9.87. The highest BCUT2D eigenvalue weighted by Gasteiger charge is 2.18. The van der Waals surface area contributed by atoms with Gasteiger partial charge in [0.1, 0.15) is 5.82 Å². The first-order valence-corrected chi connectivity index (χ1v) is 10.2. The molecule has 0 radical (unpaired) electrons. The Hall–Kier alpha value is -3.14. The number of hydrogen-bond donors (Lipinski definition) is 1. The molecule has 4 heteroatoms. The summed E-state index contributed by atoms with van der Waals surface area (Å²) in [7, 11) is 0. The second-order valence-corrected chi connectivity index (χ2v) is 7.26. The third-order valence-corrected chi connectivity index (χ3v) is 4.75. The normalized spacial score (nSPS) is 14.2. The van der Waals surface area contributed by atoms with E-state index in [-0.39, 0.29) is 5.78 Å². The Morgan fingerprint density at radius 1 is 1.21 bits per heavy atom. The number of hydrogen-bond acceptors (Lipinski definition) is 4. The molecular weight excluding hydrogens is 358 g/mol.